The van der Waals surface area contributed by atoms with Crippen LogP contribution in [-0.2, 0) is 0 Å². The highest BCUT2D eigenvalue weighted by Crippen LogP contribution is 2.25. The largest absolute Gasteiger partial charge is 0.393 e. The number of rotatable bonds is 3. The maximum absolute atomic E-state index is 10.8. The van der Waals surface area contributed by atoms with Gasteiger partial charge in [0.05, 0.1) is 4.92 Å². The van der Waals surface area contributed by atoms with Gasteiger partial charge in [-0.1, -0.05) is 19.3 Å². The highest BCUT2D eigenvalue weighted by molar-refractivity contribution is 7.80. The summed E-state index contributed by atoms with van der Waals surface area (Å²) in [4.78, 5) is 10.3. The molecule has 4 N–H and O–H groups in total. The smallest absolute Gasteiger partial charge is 0.294 e. The molecule has 0 heterocycles. The molecular weight excluding hydrogens is 276 g/mol. The van der Waals surface area contributed by atoms with Gasteiger partial charge in [0, 0.05) is 17.8 Å². The van der Waals surface area contributed by atoms with Gasteiger partial charge in [0.25, 0.3) is 5.69 Å². The standard InChI is InChI=1S/C13H18N4O2S/c14-11-7-6-10(8-12(11)17(18)19)16-13(20)15-9-4-2-1-3-5-9/h6-9H,1-5,14H2,(H2,15,16,20). The second-order valence-electron chi connectivity index (χ2n) is 4.96. The van der Waals surface area contributed by atoms with Crippen molar-refractivity contribution in [2.45, 2.75) is 38.1 Å². The van der Waals surface area contributed by atoms with E-state index in [1.807, 2.05) is 0 Å². The summed E-state index contributed by atoms with van der Waals surface area (Å²) < 4.78 is 0. The molecule has 1 aliphatic carbocycles. The van der Waals surface area contributed by atoms with Crippen molar-refractivity contribution < 1.29 is 4.92 Å². The Morgan fingerprint density at radius 3 is 2.70 bits per heavy atom. The molecular formula is C13H18N4O2S. The minimum absolute atomic E-state index is 0.115. The van der Waals surface area contributed by atoms with Crippen molar-refractivity contribution in [3.8, 4) is 0 Å². The molecule has 0 aromatic heterocycles. The van der Waals surface area contributed by atoms with Gasteiger partial charge in [0.15, 0.2) is 5.11 Å². The molecule has 6 nitrogen and oxygen atoms in total. The van der Waals surface area contributed by atoms with Crippen molar-refractivity contribution in [1.29, 1.82) is 0 Å². The Morgan fingerprint density at radius 2 is 2.05 bits per heavy atom. The van der Waals surface area contributed by atoms with Crippen molar-refractivity contribution in [2.24, 2.45) is 0 Å². The molecule has 1 saturated carbocycles. The number of nitrogens with one attached hydrogen (secondary N) is 2. The molecule has 7 heteroatoms. The number of hydrogen-bond donors (Lipinski definition) is 3. The van der Waals surface area contributed by atoms with Crippen LogP contribution in [0.1, 0.15) is 32.1 Å². The monoisotopic (exact) mass is 294 g/mol. The van der Waals surface area contributed by atoms with Gasteiger partial charge in [-0.05, 0) is 37.2 Å². The van der Waals surface area contributed by atoms with Crippen LogP contribution in [0.15, 0.2) is 18.2 Å². The van der Waals surface area contributed by atoms with Gasteiger partial charge in [-0.3, -0.25) is 10.1 Å². The summed E-state index contributed by atoms with van der Waals surface area (Å²) in [7, 11) is 0. The van der Waals surface area contributed by atoms with E-state index in [-0.39, 0.29) is 11.4 Å². The number of nitro groups is 1. The minimum Gasteiger partial charge on any atom is -0.393 e. The Bertz CT molecular complexity index is 515. The van der Waals surface area contributed by atoms with E-state index in [2.05, 4.69) is 10.6 Å². The third-order valence-corrected chi connectivity index (χ3v) is 3.65. The van der Waals surface area contributed by atoms with Crippen LogP contribution < -0.4 is 16.4 Å². The zero-order chi connectivity index (χ0) is 14.5. The van der Waals surface area contributed by atoms with Gasteiger partial charge < -0.3 is 16.4 Å². The van der Waals surface area contributed by atoms with E-state index in [1.54, 1.807) is 6.07 Å². The normalized spacial score (nSPS) is 15.6. The van der Waals surface area contributed by atoms with Gasteiger partial charge >= 0.3 is 0 Å². The molecule has 20 heavy (non-hydrogen) atoms. The number of nitrogens with two attached hydrogens (primary N) is 1. The molecule has 1 aromatic rings. The molecule has 0 bridgehead atoms. The molecule has 1 aromatic carbocycles. The number of hydrogen-bond acceptors (Lipinski definition) is 4. The third-order valence-electron chi connectivity index (χ3n) is 3.43. The molecule has 0 unspecified atom stereocenters. The lowest BCUT2D eigenvalue weighted by Gasteiger charge is -2.24. The Morgan fingerprint density at radius 1 is 1.35 bits per heavy atom. The Balaban J connectivity index is 1.96. The fourth-order valence-electron chi connectivity index (χ4n) is 2.38. The third kappa shape index (κ3) is 3.80. The maximum Gasteiger partial charge on any atom is 0.294 e. The van der Waals surface area contributed by atoms with Gasteiger partial charge in [0.2, 0.25) is 0 Å². The van der Waals surface area contributed by atoms with E-state index >= 15 is 0 Å². The molecule has 0 aliphatic heterocycles. The lowest BCUT2D eigenvalue weighted by Crippen LogP contribution is -2.38. The molecule has 0 saturated heterocycles. The quantitative estimate of drug-likeness (QED) is 0.343. The molecule has 1 aliphatic rings. The van der Waals surface area contributed by atoms with E-state index in [1.165, 1.54) is 31.4 Å². The average Bonchev–Trinajstić information content (AvgIpc) is 2.41. The van der Waals surface area contributed by atoms with Crippen LogP contribution in [0.2, 0.25) is 0 Å². The summed E-state index contributed by atoms with van der Waals surface area (Å²) in [5, 5.41) is 17.5. The molecule has 0 amide bonds. The second-order valence-corrected chi connectivity index (χ2v) is 5.37. The first kappa shape index (κ1) is 14.5. The fraction of sp³-hybridized carbons (Fsp3) is 0.462. The Hall–Kier alpha value is -1.89. The van der Waals surface area contributed by atoms with Crippen molar-refractivity contribution in [2.75, 3.05) is 11.1 Å². The predicted molar refractivity (Wildman–Crippen MR) is 83.7 cm³/mol. The number of anilines is 2. The molecule has 0 atom stereocenters. The number of nitro benzene ring substituents is 1. The highest BCUT2D eigenvalue weighted by atomic mass is 32.1. The van der Waals surface area contributed by atoms with Crippen LogP contribution in [0.5, 0.6) is 0 Å². The average molecular weight is 294 g/mol. The number of benzene rings is 1. The number of nitrogen functional groups attached to an aromatic ring is 1. The highest BCUT2D eigenvalue weighted by Gasteiger charge is 2.15. The lowest BCUT2D eigenvalue weighted by atomic mass is 9.96. The van der Waals surface area contributed by atoms with Gasteiger partial charge in [-0.15, -0.1) is 0 Å². The SMILES string of the molecule is Nc1ccc(NC(=S)NC2CCCCC2)cc1[N+](=O)[O-]. The summed E-state index contributed by atoms with van der Waals surface area (Å²) in [6.45, 7) is 0. The van der Waals surface area contributed by atoms with Crippen LogP contribution in [0.25, 0.3) is 0 Å². The van der Waals surface area contributed by atoms with E-state index in [9.17, 15) is 10.1 Å². The molecule has 108 valence electrons. The second kappa shape index (κ2) is 6.51. The first-order valence-corrected chi connectivity index (χ1v) is 7.08. The lowest BCUT2D eigenvalue weighted by molar-refractivity contribution is -0.383. The molecule has 2 rings (SSSR count). The first-order valence-electron chi connectivity index (χ1n) is 6.67. The summed E-state index contributed by atoms with van der Waals surface area (Å²) in [6.07, 6.45) is 5.94. The van der Waals surface area contributed by atoms with Crippen molar-refractivity contribution in [3.05, 3.63) is 28.3 Å². The summed E-state index contributed by atoms with van der Waals surface area (Å²) in [5.74, 6) is 0. The van der Waals surface area contributed by atoms with E-state index in [0.29, 0.717) is 16.8 Å². The van der Waals surface area contributed by atoms with Gasteiger partial charge in [-0.2, -0.15) is 0 Å². The Labute approximate surface area is 122 Å². The zero-order valence-electron chi connectivity index (χ0n) is 11.1. The topological polar surface area (TPSA) is 93.2 Å². The predicted octanol–water partition coefficient (Wildman–Crippen LogP) is 2.80. The van der Waals surface area contributed by atoms with Crippen LogP contribution in [-0.4, -0.2) is 16.1 Å². The van der Waals surface area contributed by atoms with E-state index < -0.39 is 4.92 Å². The summed E-state index contributed by atoms with van der Waals surface area (Å²) in [5.41, 5.74) is 6.15. The van der Waals surface area contributed by atoms with E-state index in [0.717, 1.165) is 12.8 Å². The van der Waals surface area contributed by atoms with Crippen molar-refractivity contribution in [1.82, 2.24) is 5.32 Å². The zero-order valence-corrected chi connectivity index (χ0v) is 11.9. The van der Waals surface area contributed by atoms with Crippen molar-refractivity contribution in [3.63, 3.8) is 0 Å². The van der Waals surface area contributed by atoms with Crippen LogP contribution in [0.4, 0.5) is 17.1 Å². The van der Waals surface area contributed by atoms with Gasteiger partial charge in [-0.25, -0.2) is 0 Å². The fourth-order valence-corrected chi connectivity index (χ4v) is 2.66. The Kier molecular flexibility index (Phi) is 4.73. The number of thiocarbonyl (C=S) groups is 1. The minimum atomic E-state index is -0.502. The van der Waals surface area contributed by atoms with Crippen LogP contribution >= 0.6 is 12.2 Å². The summed E-state index contributed by atoms with van der Waals surface area (Å²) >= 11 is 5.24. The van der Waals surface area contributed by atoms with Crippen molar-refractivity contribution >= 4 is 34.4 Å². The molecule has 1 fully saturated rings. The maximum atomic E-state index is 10.8. The summed E-state index contributed by atoms with van der Waals surface area (Å²) in [6, 6.07) is 4.97. The molecule has 0 radical (unpaired) electrons. The van der Waals surface area contributed by atoms with Crippen LogP contribution in [0.3, 0.4) is 0 Å². The van der Waals surface area contributed by atoms with Gasteiger partial charge in [0.1, 0.15) is 5.69 Å². The molecule has 0 spiro atoms. The van der Waals surface area contributed by atoms with E-state index in [4.69, 9.17) is 18.0 Å². The first-order chi connectivity index (χ1) is 9.56. The number of nitrogens with zero attached hydrogens (tertiary/aromatic N) is 1. The van der Waals surface area contributed by atoms with Crippen LogP contribution in [0, 0.1) is 10.1 Å².